The van der Waals surface area contributed by atoms with Crippen LogP contribution in [-0.4, -0.2) is 48.7 Å². The smallest absolute Gasteiger partial charge is 0.409 e. The number of benzene rings is 1. The zero-order chi connectivity index (χ0) is 18.2. The van der Waals surface area contributed by atoms with Gasteiger partial charge in [0.1, 0.15) is 6.10 Å². The van der Waals surface area contributed by atoms with Gasteiger partial charge in [-0.3, -0.25) is 4.79 Å². The van der Waals surface area contributed by atoms with Gasteiger partial charge in [0.15, 0.2) is 0 Å². The molecule has 0 unspecified atom stereocenters. The van der Waals surface area contributed by atoms with Crippen molar-refractivity contribution >= 4 is 23.7 Å². The van der Waals surface area contributed by atoms with Crippen LogP contribution in [0.25, 0.3) is 0 Å². The molecular weight excluding hydrogens is 324 g/mol. The first kappa shape index (κ1) is 18.5. The van der Waals surface area contributed by atoms with Crippen LogP contribution in [-0.2, 0) is 14.3 Å². The molecule has 1 N–H and O–H groups in total. The van der Waals surface area contributed by atoms with Crippen LogP contribution in [0, 0.1) is 0 Å². The van der Waals surface area contributed by atoms with Crippen molar-refractivity contribution < 1.29 is 23.9 Å². The van der Waals surface area contributed by atoms with E-state index >= 15 is 0 Å². The molecule has 0 spiro atoms. The van der Waals surface area contributed by atoms with Gasteiger partial charge >= 0.3 is 12.1 Å². The predicted molar refractivity (Wildman–Crippen MR) is 92.3 cm³/mol. The lowest BCUT2D eigenvalue weighted by atomic mass is 10.1. The monoisotopic (exact) mass is 346 g/mol. The molecule has 134 valence electrons. The van der Waals surface area contributed by atoms with E-state index in [1.165, 1.54) is 6.08 Å². The van der Waals surface area contributed by atoms with E-state index in [0.717, 1.165) is 0 Å². The quantitative estimate of drug-likeness (QED) is 0.654. The molecule has 0 aliphatic carbocycles. The van der Waals surface area contributed by atoms with Crippen LogP contribution in [0.3, 0.4) is 0 Å². The molecule has 1 aromatic carbocycles. The number of carbonyl (C=O) groups is 3. The van der Waals surface area contributed by atoms with Crippen molar-refractivity contribution in [3.63, 3.8) is 0 Å². The average molecular weight is 346 g/mol. The highest BCUT2D eigenvalue weighted by atomic mass is 16.6. The van der Waals surface area contributed by atoms with E-state index in [-0.39, 0.29) is 18.1 Å². The molecule has 2 rings (SSSR count). The van der Waals surface area contributed by atoms with Crippen molar-refractivity contribution in [2.45, 2.75) is 25.9 Å². The molecule has 0 saturated carbocycles. The van der Waals surface area contributed by atoms with E-state index in [9.17, 15) is 14.4 Å². The number of rotatable bonds is 5. The van der Waals surface area contributed by atoms with E-state index in [0.29, 0.717) is 43.8 Å². The van der Waals surface area contributed by atoms with Gasteiger partial charge in [-0.15, -0.1) is 0 Å². The van der Waals surface area contributed by atoms with E-state index < -0.39 is 5.97 Å². The van der Waals surface area contributed by atoms with Crippen molar-refractivity contribution in [2.24, 2.45) is 0 Å². The minimum Gasteiger partial charge on any atom is -0.459 e. The summed E-state index contributed by atoms with van der Waals surface area (Å²) in [7, 11) is 0. The van der Waals surface area contributed by atoms with E-state index in [1.54, 1.807) is 36.1 Å². The number of hydrogen-bond donors (Lipinski definition) is 1. The summed E-state index contributed by atoms with van der Waals surface area (Å²) in [4.78, 5) is 36.7. The highest BCUT2D eigenvalue weighted by molar-refractivity contribution is 5.99. The van der Waals surface area contributed by atoms with Gasteiger partial charge in [0.2, 0.25) is 5.91 Å². The van der Waals surface area contributed by atoms with E-state index in [2.05, 4.69) is 11.9 Å². The lowest BCUT2D eigenvalue weighted by Crippen LogP contribution is -2.41. The number of nitrogens with one attached hydrogen (secondary N) is 1. The molecule has 0 aromatic heterocycles. The highest BCUT2D eigenvalue weighted by Crippen LogP contribution is 2.17. The number of anilines is 1. The van der Waals surface area contributed by atoms with Crippen LogP contribution in [0.4, 0.5) is 10.5 Å². The summed E-state index contributed by atoms with van der Waals surface area (Å²) in [6.07, 6.45) is 1.78. The summed E-state index contributed by atoms with van der Waals surface area (Å²) in [5.41, 5.74) is 0.980. The van der Waals surface area contributed by atoms with Crippen LogP contribution >= 0.6 is 0 Å². The fourth-order valence-electron chi connectivity index (χ4n) is 2.47. The molecule has 25 heavy (non-hydrogen) atoms. The highest BCUT2D eigenvalue weighted by Gasteiger charge is 2.26. The number of nitrogens with zero attached hydrogens (tertiary/aromatic N) is 1. The Bertz CT molecular complexity index is 633. The molecule has 0 atom stereocenters. The zero-order valence-electron chi connectivity index (χ0n) is 14.2. The molecule has 1 saturated heterocycles. The molecule has 0 bridgehead atoms. The van der Waals surface area contributed by atoms with Crippen LogP contribution in [0.2, 0.25) is 0 Å². The lowest BCUT2D eigenvalue weighted by molar-refractivity contribution is -0.111. The number of carbonyl (C=O) groups excluding carboxylic acids is 3. The largest absolute Gasteiger partial charge is 0.459 e. The number of piperidine rings is 1. The SMILES string of the molecule is C=CC(=O)Nc1ccc(C(=O)OC2CCN(C(=O)OCC)CC2)cc1. The number of amides is 2. The summed E-state index contributed by atoms with van der Waals surface area (Å²) >= 11 is 0. The molecule has 1 fully saturated rings. The van der Waals surface area contributed by atoms with Crippen LogP contribution in [0.1, 0.15) is 30.1 Å². The van der Waals surface area contributed by atoms with Crippen molar-refractivity contribution in [1.29, 1.82) is 0 Å². The van der Waals surface area contributed by atoms with Gasteiger partial charge < -0.3 is 19.7 Å². The maximum absolute atomic E-state index is 12.2. The molecule has 1 aliphatic rings. The Balaban J connectivity index is 1.83. The Morgan fingerprint density at radius 1 is 1.24 bits per heavy atom. The summed E-state index contributed by atoms with van der Waals surface area (Å²) in [6.45, 7) is 6.49. The zero-order valence-corrected chi connectivity index (χ0v) is 14.2. The molecule has 0 radical (unpaired) electrons. The fourth-order valence-corrected chi connectivity index (χ4v) is 2.47. The van der Waals surface area contributed by atoms with Crippen molar-refractivity contribution in [3.05, 3.63) is 42.5 Å². The first-order chi connectivity index (χ1) is 12.0. The molecule has 1 heterocycles. The second kappa shape index (κ2) is 8.86. The van der Waals surface area contributed by atoms with Gasteiger partial charge in [0, 0.05) is 31.6 Å². The lowest BCUT2D eigenvalue weighted by Gasteiger charge is -2.30. The molecule has 7 nitrogen and oxygen atoms in total. The standard InChI is InChI=1S/C18H22N2O5/c1-3-16(21)19-14-7-5-13(6-8-14)17(22)25-15-9-11-20(12-10-15)18(23)24-4-2/h3,5-8,15H,1,4,9-12H2,2H3,(H,19,21). The normalized spacial score (nSPS) is 14.5. The predicted octanol–water partition coefficient (Wildman–Crippen LogP) is 2.59. The van der Waals surface area contributed by atoms with Crippen molar-refractivity contribution in [2.75, 3.05) is 25.0 Å². The minimum atomic E-state index is -0.420. The van der Waals surface area contributed by atoms with E-state index in [1.807, 2.05) is 0 Å². The molecule has 2 amide bonds. The third kappa shape index (κ3) is 5.34. The Kier molecular flexibility index (Phi) is 6.56. The minimum absolute atomic E-state index is 0.224. The molecular formula is C18H22N2O5. The van der Waals surface area contributed by atoms with Gasteiger partial charge in [0.05, 0.1) is 12.2 Å². The van der Waals surface area contributed by atoms with Crippen LogP contribution < -0.4 is 5.32 Å². The summed E-state index contributed by atoms with van der Waals surface area (Å²) < 4.78 is 10.4. The maximum Gasteiger partial charge on any atom is 0.409 e. The van der Waals surface area contributed by atoms with Gasteiger partial charge in [0.25, 0.3) is 0 Å². The summed E-state index contributed by atoms with van der Waals surface area (Å²) in [6, 6.07) is 6.44. The average Bonchev–Trinajstić information content (AvgIpc) is 2.63. The Labute approximate surface area is 146 Å². The number of esters is 1. The number of ether oxygens (including phenoxy) is 2. The van der Waals surface area contributed by atoms with Crippen molar-refractivity contribution in [1.82, 2.24) is 4.90 Å². The van der Waals surface area contributed by atoms with E-state index in [4.69, 9.17) is 9.47 Å². The van der Waals surface area contributed by atoms with Crippen molar-refractivity contribution in [3.8, 4) is 0 Å². The summed E-state index contributed by atoms with van der Waals surface area (Å²) in [5.74, 6) is -0.736. The maximum atomic E-state index is 12.2. The molecule has 1 aromatic rings. The number of likely N-dealkylation sites (tertiary alicyclic amines) is 1. The fraction of sp³-hybridized carbons (Fsp3) is 0.389. The first-order valence-electron chi connectivity index (χ1n) is 8.19. The second-order valence-corrected chi connectivity index (χ2v) is 5.56. The van der Waals surface area contributed by atoms with Gasteiger partial charge in [-0.2, -0.15) is 0 Å². The topological polar surface area (TPSA) is 84.9 Å². The molecule has 1 aliphatic heterocycles. The van der Waals surface area contributed by atoms with Crippen LogP contribution in [0.15, 0.2) is 36.9 Å². The van der Waals surface area contributed by atoms with Crippen LogP contribution in [0.5, 0.6) is 0 Å². The third-order valence-electron chi connectivity index (χ3n) is 3.82. The van der Waals surface area contributed by atoms with Gasteiger partial charge in [-0.25, -0.2) is 9.59 Å². The molecule has 7 heteroatoms. The Morgan fingerprint density at radius 3 is 2.44 bits per heavy atom. The third-order valence-corrected chi connectivity index (χ3v) is 3.82. The number of hydrogen-bond acceptors (Lipinski definition) is 5. The first-order valence-corrected chi connectivity index (χ1v) is 8.19. The van der Waals surface area contributed by atoms with Gasteiger partial charge in [-0.1, -0.05) is 6.58 Å². The second-order valence-electron chi connectivity index (χ2n) is 5.56. The Morgan fingerprint density at radius 2 is 1.88 bits per heavy atom. The summed E-state index contributed by atoms with van der Waals surface area (Å²) in [5, 5.41) is 2.61. The van der Waals surface area contributed by atoms with Gasteiger partial charge in [-0.05, 0) is 37.3 Å². The Hall–Kier alpha value is -2.83.